The van der Waals surface area contributed by atoms with E-state index < -0.39 is 0 Å². The Morgan fingerprint density at radius 1 is 1.33 bits per heavy atom. The molecule has 0 aromatic carbocycles. The normalized spacial score (nSPS) is 30.0. The van der Waals surface area contributed by atoms with Gasteiger partial charge in [-0.2, -0.15) is 0 Å². The summed E-state index contributed by atoms with van der Waals surface area (Å²) in [5.41, 5.74) is 5.68. The van der Waals surface area contributed by atoms with E-state index in [4.69, 9.17) is 10.5 Å². The van der Waals surface area contributed by atoms with E-state index in [1.165, 1.54) is 19.3 Å². The maximum Gasteiger partial charge on any atom is 0.0519 e. The fourth-order valence-corrected chi connectivity index (χ4v) is 1.96. The molecule has 1 saturated carbocycles. The summed E-state index contributed by atoms with van der Waals surface area (Å²) < 4.78 is 5.60. The number of rotatable bonds is 4. The van der Waals surface area contributed by atoms with Crippen LogP contribution in [-0.4, -0.2) is 19.3 Å². The molecule has 0 radical (unpaired) electrons. The van der Waals surface area contributed by atoms with E-state index in [9.17, 15) is 0 Å². The van der Waals surface area contributed by atoms with Crippen molar-refractivity contribution < 1.29 is 4.74 Å². The second-order valence-electron chi connectivity index (χ2n) is 4.07. The molecule has 0 amide bonds. The van der Waals surface area contributed by atoms with E-state index >= 15 is 0 Å². The first kappa shape index (κ1) is 10.0. The quantitative estimate of drug-likeness (QED) is 0.700. The van der Waals surface area contributed by atoms with Gasteiger partial charge in [-0.15, -0.1) is 0 Å². The Morgan fingerprint density at radius 3 is 2.58 bits per heavy atom. The van der Waals surface area contributed by atoms with Crippen molar-refractivity contribution in [3.8, 4) is 0 Å². The molecule has 0 aromatic heterocycles. The third-order valence-electron chi connectivity index (χ3n) is 2.76. The molecule has 1 aliphatic rings. The maximum atomic E-state index is 5.68. The number of nitrogens with two attached hydrogens (primary N) is 1. The minimum absolute atomic E-state index is 0.365. The van der Waals surface area contributed by atoms with Crippen LogP contribution in [0.1, 0.15) is 33.1 Å². The van der Waals surface area contributed by atoms with Crippen LogP contribution in [0, 0.1) is 11.8 Å². The molecule has 2 N–H and O–H groups in total. The summed E-state index contributed by atoms with van der Waals surface area (Å²) in [5, 5.41) is 0. The second kappa shape index (κ2) is 4.83. The smallest absolute Gasteiger partial charge is 0.0519 e. The van der Waals surface area contributed by atoms with E-state index in [0.29, 0.717) is 6.10 Å². The van der Waals surface area contributed by atoms with Crippen molar-refractivity contribution >= 4 is 0 Å². The van der Waals surface area contributed by atoms with Crippen LogP contribution in [0.3, 0.4) is 0 Å². The molecule has 0 heterocycles. The van der Waals surface area contributed by atoms with Crippen molar-refractivity contribution in [2.75, 3.05) is 13.2 Å². The highest BCUT2D eigenvalue weighted by Gasteiger charge is 2.26. The monoisotopic (exact) mass is 171 g/mol. The van der Waals surface area contributed by atoms with Crippen molar-refractivity contribution in [2.45, 2.75) is 39.2 Å². The third-order valence-corrected chi connectivity index (χ3v) is 2.76. The van der Waals surface area contributed by atoms with Gasteiger partial charge in [0, 0.05) is 0 Å². The molecular weight excluding hydrogens is 150 g/mol. The number of ether oxygens (including phenoxy) is 1. The standard InChI is InChI=1S/C10H21NO/c1-8(2)12-7-10-5-3-4-9(10)6-11/h8-10H,3-7,11H2,1-2H3. The van der Waals surface area contributed by atoms with Gasteiger partial charge >= 0.3 is 0 Å². The van der Waals surface area contributed by atoms with Gasteiger partial charge < -0.3 is 10.5 Å². The zero-order valence-electron chi connectivity index (χ0n) is 8.25. The number of hydrogen-bond acceptors (Lipinski definition) is 2. The zero-order chi connectivity index (χ0) is 8.97. The molecule has 12 heavy (non-hydrogen) atoms. The van der Waals surface area contributed by atoms with Gasteiger partial charge in [0.1, 0.15) is 0 Å². The minimum atomic E-state index is 0.365. The Hall–Kier alpha value is -0.0800. The summed E-state index contributed by atoms with van der Waals surface area (Å²) in [6.45, 7) is 5.93. The maximum absolute atomic E-state index is 5.68. The summed E-state index contributed by atoms with van der Waals surface area (Å²) in [6.07, 6.45) is 4.33. The Labute approximate surface area is 75.5 Å². The van der Waals surface area contributed by atoms with Gasteiger partial charge in [-0.3, -0.25) is 0 Å². The summed E-state index contributed by atoms with van der Waals surface area (Å²) in [5.74, 6) is 1.46. The minimum Gasteiger partial charge on any atom is -0.378 e. The number of hydrogen-bond donors (Lipinski definition) is 1. The molecule has 1 fully saturated rings. The van der Waals surface area contributed by atoms with E-state index in [0.717, 1.165) is 25.0 Å². The molecule has 2 unspecified atom stereocenters. The van der Waals surface area contributed by atoms with Crippen molar-refractivity contribution in [1.82, 2.24) is 0 Å². The fraction of sp³-hybridized carbons (Fsp3) is 1.00. The van der Waals surface area contributed by atoms with E-state index in [-0.39, 0.29) is 0 Å². The average Bonchev–Trinajstić information content (AvgIpc) is 2.47. The fourth-order valence-electron chi connectivity index (χ4n) is 1.96. The molecule has 0 spiro atoms. The average molecular weight is 171 g/mol. The lowest BCUT2D eigenvalue weighted by molar-refractivity contribution is 0.0422. The molecule has 0 aliphatic heterocycles. The van der Waals surface area contributed by atoms with Gasteiger partial charge in [0.15, 0.2) is 0 Å². The Kier molecular flexibility index (Phi) is 4.02. The lowest BCUT2D eigenvalue weighted by atomic mass is 9.97. The summed E-state index contributed by atoms with van der Waals surface area (Å²) in [7, 11) is 0. The first-order chi connectivity index (χ1) is 5.74. The van der Waals surface area contributed by atoms with Crippen LogP contribution in [0.4, 0.5) is 0 Å². The van der Waals surface area contributed by atoms with Gasteiger partial charge in [0.05, 0.1) is 12.7 Å². The van der Waals surface area contributed by atoms with E-state index in [1.54, 1.807) is 0 Å². The SMILES string of the molecule is CC(C)OCC1CCCC1CN. The zero-order valence-corrected chi connectivity index (χ0v) is 8.25. The van der Waals surface area contributed by atoms with Crippen LogP contribution in [-0.2, 0) is 4.74 Å². The molecule has 0 aromatic rings. The van der Waals surface area contributed by atoms with Gasteiger partial charge in [0.25, 0.3) is 0 Å². The highest BCUT2D eigenvalue weighted by molar-refractivity contribution is 4.77. The molecule has 0 bridgehead atoms. The third kappa shape index (κ3) is 2.76. The highest BCUT2D eigenvalue weighted by atomic mass is 16.5. The van der Waals surface area contributed by atoms with Crippen molar-refractivity contribution in [3.63, 3.8) is 0 Å². The second-order valence-corrected chi connectivity index (χ2v) is 4.07. The predicted molar refractivity (Wildman–Crippen MR) is 51.0 cm³/mol. The lowest BCUT2D eigenvalue weighted by Gasteiger charge is -2.19. The molecule has 1 rings (SSSR count). The summed E-state index contributed by atoms with van der Waals surface area (Å²) >= 11 is 0. The predicted octanol–water partition coefficient (Wildman–Crippen LogP) is 1.79. The Morgan fingerprint density at radius 2 is 2.00 bits per heavy atom. The molecule has 2 atom stereocenters. The van der Waals surface area contributed by atoms with E-state index in [1.807, 2.05) is 0 Å². The summed E-state index contributed by atoms with van der Waals surface area (Å²) in [4.78, 5) is 0. The largest absolute Gasteiger partial charge is 0.378 e. The topological polar surface area (TPSA) is 35.2 Å². The van der Waals surface area contributed by atoms with Crippen LogP contribution < -0.4 is 5.73 Å². The van der Waals surface area contributed by atoms with Crippen LogP contribution in [0.5, 0.6) is 0 Å². The first-order valence-corrected chi connectivity index (χ1v) is 5.05. The molecule has 2 heteroatoms. The van der Waals surface area contributed by atoms with E-state index in [2.05, 4.69) is 13.8 Å². The summed E-state index contributed by atoms with van der Waals surface area (Å²) in [6, 6.07) is 0. The lowest BCUT2D eigenvalue weighted by Crippen LogP contribution is -2.23. The molecule has 72 valence electrons. The molecule has 2 nitrogen and oxygen atoms in total. The van der Waals surface area contributed by atoms with Crippen LogP contribution in [0.15, 0.2) is 0 Å². The van der Waals surface area contributed by atoms with Crippen molar-refractivity contribution in [1.29, 1.82) is 0 Å². The van der Waals surface area contributed by atoms with Crippen LogP contribution >= 0.6 is 0 Å². The van der Waals surface area contributed by atoms with Crippen LogP contribution in [0.2, 0.25) is 0 Å². The first-order valence-electron chi connectivity index (χ1n) is 5.05. The van der Waals surface area contributed by atoms with Crippen molar-refractivity contribution in [3.05, 3.63) is 0 Å². The van der Waals surface area contributed by atoms with Crippen molar-refractivity contribution in [2.24, 2.45) is 17.6 Å². The van der Waals surface area contributed by atoms with Gasteiger partial charge in [-0.05, 0) is 45.1 Å². The highest BCUT2D eigenvalue weighted by Crippen LogP contribution is 2.31. The van der Waals surface area contributed by atoms with Gasteiger partial charge in [0.2, 0.25) is 0 Å². The molecule has 1 aliphatic carbocycles. The Balaban J connectivity index is 2.21. The Bertz CT molecular complexity index is 125. The molecule has 0 saturated heterocycles. The molecular formula is C10H21NO. The van der Waals surface area contributed by atoms with Crippen LogP contribution in [0.25, 0.3) is 0 Å². The van der Waals surface area contributed by atoms with Gasteiger partial charge in [-0.25, -0.2) is 0 Å². The van der Waals surface area contributed by atoms with Gasteiger partial charge in [-0.1, -0.05) is 6.42 Å².